The van der Waals surface area contributed by atoms with Gasteiger partial charge >= 0.3 is 0 Å². The molecule has 2 aromatic rings. The molecule has 9 heteroatoms. The van der Waals surface area contributed by atoms with Gasteiger partial charge in [-0.2, -0.15) is 0 Å². The zero-order valence-electron chi connectivity index (χ0n) is 19.8. The number of benzene rings is 1. The highest BCUT2D eigenvalue weighted by Crippen LogP contribution is 2.28. The summed E-state index contributed by atoms with van der Waals surface area (Å²) >= 11 is 0. The van der Waals surface area contributed by atoms with Crippen molar-refractivity contribution in [3.63, 3.8) is 0 Å². The van der Waals surface area contributed by atoms with Crippen molar-refractivity contribution in [1.82, 2.24) is 14.8 Å². The second kappa shape index (κ2) is 12.1. The molecule has 0 bridgehead atoms. The predicted octanol–water partition coefficient (Wildman–Crippen LogP) is 4.39. The molecule has 0 atom stereocenters. The number of ether oxygens (including phenoxy) is 1. The molecule has 2 saturated heterocycles. The molecule has 6 nitrogen and oxygen atoms in total. The Hall–Kier alpha value is -2.81. The van der Waals surface area contributed by atoms with Crippen LogP contribution in [0.25, 0.3) is 0 Å². The number of hydrogen-bond acceptors (Lipinski definition) is 5. The fraction of sp³-hybridized carbons (Fsp3) is 0.520. The quantitative estimate of drug-likeness (QED) is 0.690. The number of carbonyl (C=O) groups excluding carboxylic acids is 1. The Morgan fingerprint density at radius 2 is 1.65 bits per heavy atom. The van der Waals surface area contributed by atoms with Crippen molar-refractivity contribution in [1.29, 1.82) is 0 Å². The molecule has 2 fully saturated rings. The Morgan fingerprint density at radius 3 is 2.24 bits per heavy atom. The summed E-state index contributed by atoms with van der Waals surface area (Å²) in [5, 5.41) is 0. The van der Waals surface area contributed by atoms with E-state index in [0.717, 1.165) is 38.0 Å². The summed E-state index contributed by atoms with van der Waals surface area (Å²) < 4.78 is 46.2. The molecule has 1 amide bonds. The lowest BCUT2D eigenvalue weighted by molar-refractivity contribution is -0.139. The summed E-state index contributed by atoms with van der Waals surface area (Å²) in [6.07, 6.45) is 3.83. The van der Waals surface area contributed by atoms with Crippen molar-refractivity contribution in [2.75, 3.05) is 31.9 Å². The van der Waals surface area contributed by atoms with E-state index in [0.29, 0.717) is 43.9 Å². The highest BCUT2D eigenvalue weighted by molar-refractivity contribution is 5.79. The molecule has 1 aromatic heterocycles. The van der Waals surface area contributed by atoms with Crippen LogP contribution >= 0.6 is 0 Å². The topological polar surface area (TPSA) is 71.7 Å². The van der Waals surface area contributed by atoms with Crippen molar-refractivity contribution < 1.29 is 22.7 Å². The Bertz CT molecular complexity index is 936. The van der Waals surface area contributed by atoms with Crippen LogP contribution in [0.1, 0.15) is 45.1 Å². The van der Waals surface area contributed by atoms with Gasteiger partial charge in [0.25, 0.3) is 0 Å². The Kier molecular flexibility index (Phi) is 9.15. The van der Waals surface area contributed by atoms with Crippen LogP contribution in [-0.2, 0) is 11.3 Å². The Labute approximate surface area is 198 Å². The van der Waals surface area contributed by atoms with Gasteiger partial charge in [0.1, 0.15) is 17.7 Å². The molecule has 0 spiro atoms. The number of hydrogen-bond donors (Lipinski definition) is 1. The van der Waals surface area contributed by atoms with Gasteiger partial charge in [0.05, 0.1) is 0 Å². The van der Waals surface area contributed by atoms with E-state index in [-0.39, 0.29) is 11.8 Å². The molecule has 0 radical (unpaired) electrons. The SMILES string of the molecule is CC.Nc1cc(CN2CCC(C(=O)N3CCC(Oc4c(F)cc(F)cc4F)CC3)CC2)ccn1. The van der Waals surface area contributed by atoms with Crippen molar-refractivity contribution in [3.8, 4) is 5.75 Å². The maximum atomic E-state index is 13.8. The summed E-state index contributed by atoms with van der Waals surface area (Å²) in [4.78, 5) is 21.1. The molecule has 0 saturated carbocycles. The Balaban J connectivity index is 0.00000158. The molecular formula is C25H33F3N4O2. The molecule has 34 heavy (non-hydrogen) atoms. The maximum Gasteiger partial charge on any atom is 0.225 e. The van der Waals surface area contributed by atoms with Crippen LogP contribution in [0.3, 0.4) is 0 Å². The first kappa shape index (κ1) is 25.8. The van der Waals surface area contributed by atoms with Crippen LogP contribution in [0.4, 0.5) is 19.0 Å². The van der Waals surface area contributed by atoms with E-state index in [4.69, 9.17) is 10.5 Å². The molecule has 2 aliphatic heterocycles. The number of carbonyl (C=O) groups is 1. The normalized spacial score (nSPS) is 17.7. The first-order chi connectivity index (χ1) is 16.4. The van der Waals surface area contributed by atoms with E-state index in [1.807, 2.05) is 30.9 Å². The number of rotatable bonds is 5. The van der Waals surface area contributed by atoms with E-state index in [1.165, 1.54) is 0 Å². The smallest absolute Gasteiger partial charge is 0.225 e. The van der Waals surface area contributed by atoms with Crippen molar-refractivity contribution in [3.05, 3.63) is 53.5 Å². The minimum Gasteiger partial charge on any atom is -0.484 e. The number of pyridine rings is 1. The number of anilines is 1. The molecule has 3 heterocycles. The molecule has 4 rings (SSSR count). The number of halogens is 3. The van der Waals surface area contributed by atoms with Gasteiger partial charge in [-0.1, -0.05) is 13.8 Å². The molecule has 0 unspecified atom stereocenters. The van der Waals surface area contributed by atoms with Gasteiger partial charge in [-0.05, 0) is 43.6 Å². The summed E-state index contributed by atoms with van der Waals surface area (Å²) in [6.45, 7) is 7.41. The fourth-order valence-electron chi connectivity index (χ4n) is 4.45. The fourth-order valence-corrected chi connectivity index (χ4v) is 4.45. The number of nitrogens with zero attached hydrogens (tertiary/aromatic N) is 3. The van der Waals surface area contributed by atoms with E-state index >= 15 is 0 Å². The zero-order chi connectivity index (χ0) is 24.7. The average molecular weight is 479 g/mol. The summed E-state index contributed by atoms with van der Waals surface area (Å²) in [6, 6.07) is 5.02. The molecule has 2 N–H and O–H groups in total. The third kappa shape index (κ3) is 6.62. The second-order valence-corrected chi connectivity index (χ2v) is 8.48. The van der Waals surface area contributed by atoms with Gasteiger partial charge in [-0.15, -0.1) is 0 Å². The largest absolute Gasteiger partial charge is 0.484 e. The minimum absolute atomic E-state index is 0.0155. The maximum absolute atomic E-state index is 13.8. The Morgan fingerprint density at radius 1 is 1.03 bits per heavy atom. The van der Waals surface area contributed by atoms with Gasteiger partial charge in [-0.3, -0.25) is 9.69 Å². The van der Waals surface area contributed by atoms with Crippen molar-refractivity contribution in [2.45, 2.75) is 52.2 Å². The van der Waals surface area contributed by atoms with Gasteiger partial charge in [0.2, 0.25) is 5.91 Å². The highest BCUT2D eigenvalue weighted by atomic mass is 19.1. The lowest BCUT2D eigenvalue weighted by Gasteiger charge is -2.37. The van der Waals surface area contributed by atoms with Crippen LogP contribution in [0.2, 0.25) is 0 Å². The third-order valence-corrected chi connectivity index (χ3v) is 6.19. The zero-order valence-corrected chi connectivity index (χ0v) is 19.8. The number of likely N-dealkylation sites (tertiary alicyclic amines) is 2. The van der Waals surface area contributed by atoms with E-state index in [9.17, 15) is 18.0 Å². The van der Waals surface area contributed by atoms with Crippen LogP contribution in [0.5, 0.6) is 5.75 Å². The molecule has 1 aromatic carbocycles. The van der Waals surface area contributed by atoms with Crippen molar-refractivity contribution >= 4 is 11.7 Å². The monoisotopic (exact) mass is 478 g/mol. The third-order valence-electron chi connectivity index (χ3n) is 6.19. The molecule has 2 aliphatic rings. The predicted molar refractivity (Wildman–Crippen MR) is 125 cm³/mol. The molecular weight excluding hydrogens is 445 g/mol. The summed E-state index contributed by atoms with van der Waals surface area (Å²) in [7, 11) is 0. The number of nitrogens with two attached hydrogens (primary N) is 1. The number of amides is 1. The van der Waals surface area contributed by atoms with Crippen LogP contribution in [-0.4, -0.2) is 53.0 Å². The van der Waals surface area contributed by atoms with Gasteiger partial charge in [-0.25, -0.2) is 18.2 Å². The summed E-state index contributed by atoms with van der Waals surface area (Å²) in [5.74, 6) is -3.02. The van der Waals surface area contributed by atoms with Crippen LogP contribution in [0.15, 0.2) is 30.5 Å². The lowest BCUT2D eigenvalue weighted by atomic mass is 9.94. The first-order valence-electron chi connectivity index (χ1n) is 11.9. The van der Waals surface area contributed by atoms with Gasteiger partial charge in [0, 0.05) is 56.7 Å². The average Bonchev–Trinajstić information content (AvgIpc) is 2.83. The van der Waals surface area contributed by atoms with Gasteiger partial charge in [0.15, 0.2) is 17.4 Å². The minimum atomic E-state index is -1.05. The highest BCUT2D eigenvalue weighted by Gasteiger charge is 2.32. The van der Waals surface area contributed by atoms with Crippen LogP contribution < -0.4 is 10.5 Å². The summed E-state index contributed by atoms with van der Waals surface area (Å²) in [5.41, 5.74) is 6.85. The second-order valence-electron chi connectivity index (χ2n) is 8.48. The van der Waals surface area contributed by atoms with E-state index in [2.05, 4.69) is 9.88 Å². The molecule has 186 valence electrons. The standard InChI is InChI=1S/C23H27F3N4O2.C2H6/c24-17-12-19(25)22(20(26)13-17)32-18-4-9-30(10-5-18)23(31)16-2-7-29(8-3-16)14-15-1-6-28-21(27)11-15;1-2/h1,6,11-13,16,18H,2-5,7-10,14H2,(H2,27,28);1-2H3. The van der Waals surface area contributed by atoms with Crippen LogP contribution in [0, 0.1) is 23.4 Å². The number of aromatic nitrogens is 1. The van der Waals surface area contributed by atoms with Gasteiger partial charge < -0.3 is 15.4 Å². The van der Waals surface area contributed by atoms with Crippen molar-refractivity contribution in [2.24, 2.45) is 5.92 Å². The lowest BCUT2D eigenvalue weighted by Crippen LogP contribution is -2.47. The van der Waals surface area contributed by atoms with E-state index in [1.54, 1.807) is 6.20 Å². The number of nitrogen functional groups attached to an aromatic ring is 1. The van der Waals surface area contributed by atoms with E-state index < -0.39 is 29.3 Å². The molecule has 0 aliphatic carbocycles. The first-order valence-corrected chi connectivity index (χ1v) is 11.9. The number of piperidine rings is 2.